The van der Waals surface area contributed by atoms with E-state index in [4.69, 9.17) is 4.74 Å². The molecule has 0 aromatic carbocycles. The smallest absolute Gasteiger partial charge is 0.310 e. The van der Waals surface area contributed by atoms with E-state index >= 15 is 0 Å². The Morgan fingerprint density at radius 2 is 1.94 bits per heavy atom. The largest absolute Gasteiger partial charge is 0.469 e. The predicted octanol–water partition coefficient (Wildman–Crippen LogP) is 1.05. The van der Waals surface area contributed by atoms with E-state index in [-0.39, 0.29) is 6.04 Å². The predicted molar refractivity (Wildman–Crippen MR) is 67.4 cm³/mol. The zero-order valence-electron chi connectivity index (χ0n) is 10.9. The summed E-state index contributed by atoms with van der Waals surface area (Å²) in [7, 11) is -2.09. The number of sulfonamides is 1. The van der Waals surface area contributed by atoms with Crippen LogP contribution in [0, 0.1) is 11.8 Å². The van der Waals surface area contributed by atoms with E-state index in [0.717, 1.165) is 19.3 Å². The van der Waals surface area contributed by atoms with E-state index in [0.29, 0.717) is 18.8 Å². The van der Waals surface area contributed by atoms with Crippen LogP contribution in [0.5, 0.6) is 0 Å². The molecule has 2 aliphatic rings. The summed E-state index contributed by atoms with van der Waals surface area (Å²) < 4.78 is 31.9. The van der Waals surface area contributed by atoms with E-state index in [2.05, 4.69) is 11.6 Å². The molecule has 0 heterocycles. The van der Waals surface area contributed by atoms with E-state index < -0.39 is 27.2 Å². The molecule has 6 heteroatoms. The standard InChI is InChI=1S/C12H21NO4S/c1-8-6-9(7-8)13-18(15,16)11-5-3-4-10(11)12(14)17-2/h8-11,13H,3-7H2,1-2H3. The van der Waals surface area contributed by atoms with Gasteiger partial charge in [-0.2, -0.15) is 0 Å². The van der Waals surface area contributed by atoms with E-state index in [1.807, 2.05) is 0 Å². The highest BCUT2D eigenvalue weighted by Crippen LogP contribution is 2.34. The number of carbonyl (C=O) groups excluding carboxylic acids is 1. The van der Waals surface area contributed by atoms with Gasteiger partial charge in [0.1, 0.15) is 0 Å². The van der Waals surface area contributed by atoms with Gasteiger partial charge in [0.2, 0.25) is 10.0 Å². The van der Waals surface area contributed by atoms with Crippen LogP contribution in [0.4, 0.5) is 0 Å². The molecule has 5 nitrogen and oxygen atoms in total. The number of esters is 1. The van der Waals surface area contributed by atoms with Gasteiger partial charge in [-0.05, 0) is 31.6 Å². The lowest BCUT2D eigenvalue weighted by Gasteiger charge is -2.34. The first-order valence-electron chi connectivity index (χ1n) is 6.53. The third kappa shape index (κ3) is 2.69. The molecule has 2 rings (SSSR count). The summed E-state index contributed by atoms with van der Waals surface area (Å²) in [6, 6.07) is 0.0592. The van der Waals surface area contributed by atoms with Crippen LogP contribution in [0.15, 0.2) is 0 Å². The van der Waals surface area contributed by atoms with Gasteiger partial charge in [0.05, 0.1) is 18.3 Å². The van der Waals surface area contributed by atoms with Gasteiger partial charge in [0, 0.05) is 6.04 Å². The molecule has 18 heavy (non-hydrogen) atoms. The highest BCUT2D eigenvalue weighted by Gasteiger charge is 2.43. The first-order chi connectivity index (χ1) is 8.44. The van der Waals surface area contributed by atoms with Crippen LogP contribution in [0.25, 0.3) is 0 Å². The van der Waals surface area contributed by atoms with E-state index in [1.165, 1.54) is 7.11 Å². The molecule has 0 aromatic heterocycles. The fourth-order valence-corrected chi connectivity index (χ4v) is 5.03. The molecule has 0 aromatic rings. The Hall–Kier alpha value is -0.620. The van der Waals surface area contributed by atoms with Gasteiger partial charge in [0.15, 0.2) is 0 Å². The first-order valence-corrected chi connectivity index (χ1v) is 8.07. The maximum atomic E-state index is 12.3. The Balaban J connectivity index is 2.02. The number of carbonyl (C=O) groups is 1. The Kier molecular flexibility index (Phi) is 3.96. The fourth-order valence-electron chi connectivity index (χ4n) is 3.04. The summed E-state index contributed by atoms with van der Waals surface area (Å²) in [6.07, 6.45) is 3.73. The third-order valence-corrected chi connectivity index (χ3v) is 6.08. The maximum Gasteiger partial charge on any atom is 0.310 e. The van der Waals surface area contributed by atoms with Crippen LogP contribution >= 0.6 is 0 Å². The SMILES string of the molecule is COC(=O)C1CCCC1S(=O)(=O)NC1CC(C)C1. The molecule has 0 radical (unpaired) electrons. The lowest BCUT2D eigenvalue weighted by molar-refractivity contribution is -0.145. The lowest BCUT2D eigenvalue weighted by atomic mass is 9.83. The average molecular weight is 275 g/mol. The number of methoxy groups -OCH3 is 1. The molecule has 0 amide bonds. The molecular formula is C12H21NO4S. The van der Waals surface area contributed by atoms with Crippen LogP contribution in [0.1, 0.15) is 39.0 Å². The monoisotopic (exact) mass is 275 g/mol. The summed E-state index contributed by atoms with van der Waals surface area (Å²) >= 11 is 0. The topological polar surface area (TPSA) is 72.5 Å². The van der Waals surface area contributed by atoms with Gasteiger partial charge in [-0.3, -0.25) is 4.79 Å². The summed E-state index contributed by atoms with van der Waals surface area (Å²) in [6.45, 7) is 2.11. The summed E-state index contributed by atoms with van der Waals surface area (Å²) in [5, 5.41) is -0.610. The van der Waals surface area contributed by atoms with Crippen molar-refractivity contribution in [2.24, 2.45) is 11.8 Å². The summed E-state index contributed by atoms with van der Waals surface area (Å²) in [4.78, 5) is 11.6. The highest BCUT2D eigenvalue weighted by atomic mass is 32.2. The number of ether oxygens (including phenoxy) is 1. The quantitative estimate of drug-likeness (QED) is 0.778. The number of nitrogens with one attached hydrogen (secondary N) is 1. The molecule has 2 atom stereocenters. The van der Waals surface area contributed by atoms with Crippen molar-refractivity contribution < 1.29 is 17.9 Å². The van der Waals surface area contributed by atoms with Crippen molar-refractivity contribution in [1.29, 1.82) is 0 Å². The normalized spacial score (nSPS) is 36.1. The molecule has 2 fully saturated rings. The van der Waals surface area contributed by atoms with Gasteiger partial charge >= 0.3 is 5.97 Å². The maximum absolute atomic E-state index is 12.3. The van der Waals surface area contributed by atoms with Crippen molar-refractivity contribution in [3.05, 3.63) is 0 Å². The van der Waals surface area contributed by atoms with Crippen LogP contribution in [0.3, 0.4) is 0 Å². The van der Waals surface area contributed by atoms with Crippen LogP contribution < -0.4 is 4.72 Å². The van der Waals surface area contributed by atoms with Crippen molar-refractivity contribution in [3.8, 4) is 0 Å². The number of hydrogen-bond donors (Lipinski definition) is 1. The second-order valence-electron chi connectivity index (χ2n) is 5.54. The zero-order valence-corrected chi connectivity index (χ0v) is 11.7. The minimum atomic E-state index is -3.40. The summed E-state index contributed by atoms with van der Waals surface area (Å²) in [5.74, 6) is -0.299. The van der Waals surface area contributed by atoms with E-state index in [1.54, 1.807) is 0 Å². The minimum absolute atomic E-state index is 0.0592. The summed E-state index contributed by atoms with van der Waals surface area (Å²) in [5.41, 5.74) is 0. The second kappa shape index (κ2) is 5.17. The molecule has 2 saturated carbocycles. The van der Waals surface area contributed by atoms with Gasteiger partial charge in [-0.15, -0.1) is 0 Å². The van der Waals surface area contributed by atoms with Gasteiger partial charge in [-0.25, -0.2) is 13.1 Å². The Labute approximate surface area is 108 Å². The van der Waals surface area contributed by atoms with Gasteiger partial charge in [0.25, 0.3) is 0 Å². The Morgan fingerprint density at radius 1 is 1.28 bits per heavy atom. The number of rotatable bonds is 4. The molecule has 0 bridgehead atoms. The molecule has 2 aliphatic carbocycles. The van der Waals surface area contributed by atoms with Gasteiger partial charge in [-0.1, -0.05) is 13.3 Å². The first kappa shape index (κ1) is 13.8. The Morgan fingerprint density at radius 3 is 2.50 bits per heavy atom. The van der Waals surface area contributed by atoms with Crippen molar-refractivity contribution in [2.75, 3.05) is 7.11 Å². The zero-order chi connectivity index (χ0) is 13.3. The molecule has 0 spiro atoms. The van der Waals surface area contributed by atoms with Crippen molar-refractivity contribution in [2.45, 2.75) is 50.3 Å². The molecule has 104 valence electrons. The van der Waals surface area contributed by atoms with Crippen molar-refractivity contribution in [1.82, 2.24) is 4.72 Å². The number of hydrogen-bond acceptors (Lipinski definition) is 4. The van der Waals surface area contributed by atoms with Crippen LogP contribution in [0.2, 0.25) is 0 Å². The molecule has 0 saturated heterocycles. The molecular weight excluding hydrogens is 254 g/mol. The van der Waals surface area contributed by atoms with Crippen LogP contribution in [-0.2, 0) is 19.6 Å². The second-order valence-corrected chi connectivity index (χ2v) is 7.47. The van der Waals surface area contributed by atoms with Gasteiger partial charge < -0.3 is 4.74 Å². The molecule has 2 unspecified atom stereocenters. The molecule has 1 N–H and O–H groups in total. The highest BCUT2D eigenvalue weighted by molar-refractivity contribution is 7.90. The fraction of sp³-hybridized carbons (Fsp3) is 0.917. The van der Waals surface area contributed by atoms with E-state index in [9.17, 15) is 13.2 Å². The Bertz CT molecular complexity index is 414. The minimum Gasteiger partial charge on any atom is -0.469 e. The van der Waals surface area contributed by atoms with Crippen LogP contribution in [-0.4, -0.2) is 32.8 Å². The third-order valence-electron chi connectivity index (χ3n) is 4.06. The average Bonchev–Trinajstić information content (AvgIpc) is 2.75. The lowest BCUT2D eigenvalue weighted by Crippen LogP contribution is -2.48. The molecule has 0 aliphatic heterocycles. The van der Waals surface area contributed by atoms with Crippen molar-refractivity contribution in [3.63, 3.8) is 0 Å². The van der Waals surface area contributed by atoms with Crippen molar-refractivity contribution >= 4 is 16.0 Å².